The molecule has 2 amide bonds. The molecule has 0 fully saturated rings. The molecule has 0 radical (unpaired) electrons. The number of para-hydroxylation sites is 2. The second-order valence-electron chi connectivity index (χ2n) is 5.13. The lowest BCUT2D eigenvalue weighted by atomic mass is 10.2. The average Bonchev–Trinajstić information content (AvgIpc) is 2.56. The van der Waals surface area contributed by atoms with Crippen LogP contribution in [0.15, 0.2) is 53.0 Å². The Hall–Kier alpha value is -2.34. The fourth-order valence-corrected chi connectivity index (χ4v) is 2.27. The molecular weight excluding hydrogens is 372 g/mol. The monoisotopic (exact) mass is 390 g/mol. The van der Waals surface area contributed by atoms with Crippen LogP contribution in [0.4, 0.5) is 11.4 Å². The first kappa shape index (κ1) is 18.0. The summed E-state index contributed by atoms with van der Waals surface area (Å²) >= 11 is 3.34. The van der Waals surface area contributed by atoms with Crippen molar-refractivity contribution in [3.8, 4) is 5.75 Å². The summed E-state index contributed by atoms with van der Waals surface area (Å²) in [5.74, 6) is 0.235. The van der Waals surface area contributed by atoms with Crippen LogP contribution in [0.1, 0.15) is 19.8 Å². The highest BCUT2D eigenvalue weighted by Gasteiger charge is 2.09. The molecule has 0 aliphatic rings. The number of halogens is 1. The van der Waals surface area contributed by atoms with Gasteiger partial charge in [-0.3, -0.25) is 9.59 Å². The maximum Gasteiger partial charge on any atom is 0.262 e. The maximum absolute atomic E-state index is 12.1. The van der Waals surface area contributed by atoms with Crippen molar-refractivity contribution in [2.75, 3.05) is 17.2 Å². The summed E-state index contributed by atoms with van der Waals surface area (Å²) in [6.07, 6.45) is 1.20. The molecular formula is C18H19BrN2O3. The Morgan fingerprint density at radius 1 is 0.958 bits per heavy atom. The largest absolute Gasteiger partial charge is 0.484 e. The molecule has 2 rings (SSSR count). The van der Waals surface area contributed by atoms with Gasteiger partial charge in [-0.05, 0) is 42.8 Å². The van der Waals surface area contributed by atoms with Gasteiger partial charge in [0.15, 0.2) is 6.61 Å². The van der Waals surface area contributed by atoms with Crippen LogP contribution in [0.25, 0.3) is 0 Å². The zero-order chi connectivity index (χ0) is 17.4. The minimum absolute atomic E-state index is 0.0784. The first-order valence-electron chi connectivity index (χ1n) is 7.65. The van der Waals surface area contributed by atoms with Crippen molar-refractivity contribution in [3.63, 3.8) is 0 Å². The number of carbonyl (C=O) groups is 2. The fourth-order valence-electron chi connectivity index (χ4n) is 2.01. The molecule has 0 bridgehead atoms. The molecule has 0 spiro atoms. The molecule has 0 aliphatic heterocycles. The van der Waals surface area contributed by atoms with Crippen molar-refractivity contribution >= 4 is 39.1 Å². The number of hydrogen-bond acceptors (Lipinski definition) is 3. The van der Waals surface area contributed by atoms with E-state index in [2.05, 4.69) is 26.6 Å². The fraction of sp³-hybridized carbons (Fsp3) is 0.222. The molecule has 0 heterocycles. The van der Waals surface area contributed by atoms with E-state index in [4.69, 9.17) is 4.74 Å². The van der Waals surface area contributed by atoms with E-state index < -0.39 is 0 Å². The normalized spacial score (nSPS) is 10.1. The number of anilines is 2. The summed E-state index contributed by atoms with van der Waals surface area (Å²) in [5.41, 5.74) is 1.12. The van der Waals surface area contributed by atoms with E-state index in [1.165, 1.54) is 0 Å². The first-order chi connectivity index (χ1) is 11.6. The molecule has 126 valence electrons. The molecule has 0 saturated carbocycles. The van der Waals surface area contributed by atoms with Gasteiger partial charge in [-0.1, -0.05) is 35.0 Å². The molecule has 0 saturated heterocycles. The third-order valence-corrected chi connectivity index (χ3v) is 3.66. The molecule has 2 N–H and O–H groups in total. The van der Waals surface area contributed by atoms with Crippen LogP contribution >= 0.6 is 15.9 Å². The quantitative estimate of drug-likeness (QED) is 0.743. The topological polar surface area (TPSA) is 67.4 Å². The highest BCUT2D eigenvalue weighted by Crippen LogP contribution is 2.21. The van der Waals surface area contributed by atoms with Gasteiger partial charge in [0, 0.05) is 10.9 Å². The summed E-state index contributed by atoms with van der Waals surface area (Å²) in [7, 11) is 0. The Morgan fingerprint density at radius 3 is 2.12 bits per heavy atom. The lowest BCUT2D eigenvalue weighted by molar-refractivity contribution is -0.118. The summed E-state index contributed by atoms with van der Waals surface area (Å²) in [4.78, 5) is 23.8. The Bertz CT molecular complexity index is 702. The lowest BCUT2D eigenvalue weighted by Crippen LogP contribution is -2.21. The van der Waals surface area contributed by atoms with E-state index in [-0.39, 0.29) is 18.4 Å². The van der Waals surface area contributed by atoms with Crippen LogP contribution < -0.4 is 15.4 Å². The van der Waals surface area contributed by atoms with E-state index >= 15 is 0 Å². The third kappa shape index (κ3) is 5.70. The van der Waals surface area contributed by atoms with Gasteiger partial charge in [0.1, 0.15) is 5.75 Å². The smallest absolute Gasteiger partial charge is 0.262 e. The van der Waals surface area contributed by atoms with Crippen LogP contribution in [-0.2, 0) is 9.59 Å². The zero-order valence-electron chi connectivity index (χ0n) is 13.3. The van der Waals surface area contributed by atoms with Crippen molar-refractivity contribution in [1.82, 2.24) is 0 Å². The molecule has 0 unspecified atom stereocenters. The van der Waals surface area contributed by atoms with Gasteiger partial charge >= 0.3 is 0 Å². The third-order valence-electron chi connectivity index (χ3n) is 3.14. The molecule has 0 aromatic heterocycles. The van der Waals surface area contributed by atoms with Gasteiger partial charge in [-0.25, -0.2) is 0 Å². The molecule has 2 aromatic rings. The van der Waals surface area contributed by atoms with Crippen molar-refractivity contribution in [2.24, 2.45) is 0 Å². The zero-order valence-corrected chi connectivity index (χ0v) is 14.9. The van der Waals surface area contributed by atoms with Crippen LogP contribution in [0.3, 0.4) is 0 Å². The van der Waals surface area contributed by atoms with E-state index in [1.807, 2.05) is 19.1 Å². The number of amides is 2. The molecule has 0 aliphatic carbocycles. The van der Waals surface area contributed by atoms with E-state index in [1.54, 1.807) is 36.4 Å². The van der Waals surface area contributed by atoms with E-state index in [9.17, 15) is 9.59 Å². The predicted octanol–water partition coefficient (Wildman–Crippen LogP) is 4.21. The number of ether oxygens (including phenoxy) is 1. The van der Waals surface area contributed by atoms with Crippen molar-refractivity contribution < 1.29 is 14.3 Å². The van der Waals surface area contributed by atoms with E-state index in [0.717, 1.165) is 10.9 Å². The van der Waals surface area contributed by atoms with E-state index in [0.29, 0.717) is 23.5 Å². The Kier molecular flexibility index (Phi) is 6.81. The van der Waals surface area contributed by atoms with Crippen LogP contribution in [0.5, 0.6) is 5.75 Å². The average molecular weight is 391 g/mol. The minimum atomic E-state index is -0.296. The second-order valence-corrected chi connectivity index (χ2v) is 6.05. The van der Waals surface area contributed by atoms with Gasteiger partial charge in [0.25, 0.3) is 5.91 Å². The van der Waals surface area contributed by atoms with Gasteiger partial charge in [-0.15, -0.1) is 0 Å². The van der Waals surface area contributed by atoms with Crippen molar-refractivity contribution in [3.05, 3.63) is 53.0 Å². The summed E-state index contributed by atoms with van der Waals surface area (Å²) < 4.78 is 6.38. The van der Waals surface area contributed by atoms with Gasteiger partial charge in [0.05, 0.1) is 11.4 Å². The lowest BCUT2D eigenvalue weighted by Gasteiger charge is -2.12. The number of nitrogens with one attached hydrogen (secondary N) is 2. The number of benzene rings is 2. The van der Waals surface area contributed by atoms with Gasteiger partial charge < -0.3 is 15.4 Å². The Morgan fingerprint density at radius 2 is 1.54 bits per heavy atom. The Balaban J connectivity index is 1.93. The predicted molar refractivity (Wildman–Crippen MR) is 98.2 cm³/mol. The molecule has 6 heteroatoms. The molecule has 24 heavy (non-hydrogen) atoms. The van der Waals surface area contributed by atoms with Crippen LogP contribution in [0.2, 0.25) is 0 Å². The van der Waals surface area contributed by atoms with Crippen molar-refractivity contribution in [2.45, 2.75) is 19.8 Å². The second kappa shape index (κ2) is 9.08. The molecule has 0 atom stereocenters. The highest BCUT2D eigenvalue weighted by molar-refractivity contribution is 9.10. The number of hydrogen-bond donors (Lipinski definition) is 2. The maximum atomic E-state index is 12.1. The molecule has 5 nitrogen and oxygen atoms in total. The minimum Gasteiger partial charge on any atom is -0.484 e. The SMILES string of the molecule is CCCC(=O)Nc1ccccc1NC(=O)COc1ccc(Br)cc1. The first-order valence-corrected chi connectivity index (χ1v) is 8.45. The van der Waals surface area contributed by atoms with Gasteiger partial charge in [-0.2, -0.15) is 0 Å². The number of carbonyl (C=O) groups excluding carboxylic acids is 2. The van der Waals surface area contributed by atoms with Crippen LogP contribution in [0, 0.1) is 0 Å². The van der Waals surface area contributed by atoms with Crippen LogP contribution in [-0.4, -0.2) is 18.4 Å². The van der Waals surface area contributed by atoms with Gasteiger partial charge in [0.2, 0.25) is 5.91 Å². The highest BCUT2D eigenvalue weighted by atomic mass is 79.9. The number of rotatable bonds is 7. The molecule has 2 aromatic carbocycles. The Labute approximate surface area is 149 Å². The summed E-state index contributed by atoms with van der Waals surface area (Å²) in [6.45, 7) is 1.82. The summed E-state index contributed by atoms with van der Waals surface area (Å²) in [6, 6.07) is 14.3. The van der Waals surface area contributed by atoms with Crippen molar-refractivity contribution in [1.29, 1.82) is 0 Å². The summed E-state index contributed by atoms with van der Waals surface area (Å²) in [5, 5.41) is 5.55. The standard InChI is InChI=1S/C18H19BrN2O3/c1-2-5-17(22)20-15-6-3-4-7-16(15)21-18(23)12-24-14-10-8-13(19)9-11-14/h3-4,6-11H,2,5,12H2,1H3,(H,20,22)(H,21,23).